The molecule has 14 heteroatoms. The van der Waals surface area contributed by atoms with E-state index in [1.54, 1.807) is 41.1 Å². The molecule has 1 saturated carbocycles. The molecule has 4 rings (SSSR count). The maximum absolute atomic E-state index is 14.4. The standard InChI is InChI=1S/C51H79NO13.6CH4/c1-30-16-12-11-13-17-31(2)42(61-8)28-38-21-19-36(7)51(60,65-38)48(57)49(58)52-23-15-14-18-39(52)50(59)64-43(33(4)26-37-20-22-40(53)44(27-37)62-9)29-41(54)32(3)25-35(6)46(56)47(63-10)45(55)34(5)24-30;;;;;;/h11-13,16-17,25,30,32-34,36-40,42-44,46-47,53,56,60H,14-15,18-24,26-29H2,1-10H3;6*1H4/b13-11?,16-12+,31-17?,35-25+;;;;;;/t30-,32-,33-,34-,36-,37?,38+,39?,40-,42+,43?,44-,46?,47+,51-;;;;;;/m1....../s1. The first-order valence-electron chi connectivity index (χ1n) is 23.9. The number of Topliss-reactive ketones (excluding diaryl/α,β-unsaturated/α-hetero) is 3. The van der Waals surface area contributed by atoms with E-state index in [9.17, 15) is 39.3 Å². The third-order valence-electron chi connectivity index (χ3n) is 14.5. The van der Waals surface area contributed by atoms with Gasteiger partial charge in [-0.15, -0.1) is 0 Å². The summed E-state index contributed by atoms with van der Waals surface area (Å²) in [5.74, 6) is -7.96. The summed E-state index contributed by atoms with van der Waals surface area (Å²) in [7, 11) is 4.52. The van der Waals surface area contributed by atoms with Crippen LogP contribution in [0.25, 0.3) is 0 Å². The number of amides is 1. The lowest BCUT2D eigenvalue weighted by Crippen LogP contribution is -2.61. The minimum Gasteiger partial charge on any atom is -0.460 e. The van der Waals surface area contributed by atoms with Crippen molar-refractivity contribution in [1.29, 1.82) is 0 Å². The highest BCUT2D eigenvalue weighted by molar-refractivity contribution is 6.39. The molecule has 4 aliphatic rings. The summed E-state index contributed by atoms with van der Waals surface area (Å²) in [6.45, 7) is 12.7. The van der Waals surface area contributed by atoms with E-state index in [0.717, 1.165) is 12.0 Å². The Morgan fingerprint density at radius 2 is 1.45 bits per heavy atom. The van der Waals surface area contributed by atoms with Gasteiger partial charge in [0.25, 0.3) is 11.7 Å². The average Bonchev–Trinajstić information content (AvgIpc) is 3.28. The summed E-state index contributed by atoms with van der Waals surface area (Å²) in [6.07, 6.45) is 11.2. The van der Waals surface area contributed by atoms with Crippen molar-refractivity contribution in [1.82, 2.24) is 4.90 Å². The molecule has 0 spiro atoms. The number of carbonyl (C=O) groups excluding carboxylic acids is 5. The monoisotopic (exact) mass is 1010 g/mol. The Kier molecular flexibility index (Phi) is 33.9. The van der Waals surface area contributed by atoms with Crippen LogP contribution in [0.1, 0.15) is 170 Å². The van der Waals surface area contributed by atoms with Gasteiger partial charge < -0.3 is 43.9 Å². The molecule has 2 bridgehead atoms. The van der Waals surface area contributed by atoms with Gasteiger partial charge in [0.05, 0.1) is 24.4 Å². The van der Waals surface area contributed by atoms with Crippen LogP contribution in [-0.2, 0) is 47.7 Å². The van der Waals surface area contributed by atoms with Crippen molar-refractivity contribution in [2.24, 2.45) is 35.5 Å². The van der Waals surface area contributed by atoms with Crippen molar-refractivity contribution in [3.63, 3.8) is 0 Å². The molecule has 0 aromatic rings. The number of aliphatic hydroxyl groups is 3. The third-order valence-corrected chi connectivity index (χ3v) is 14.5. The zero-order valence-electron chi connectivity index (χ0n) is 40.6. The maximum Gasteiger partial charge on any atom is 0.329 e. The molecule has 1 amide bonds. The summed E-state index contributed by atoms with van der Waals surface area (Å²) in [5, 5.41) is 33.8. The van der Waals surface area contributed by atoms with E-state index in [0.29, 0.717) is 63.4 Å². The Balaban J connectivity index is -0.00000771. The number of ether oxygens (including phenoxy) is 5. The summed E-state index contributed by atoms with van der Waals surface area (Å²) < 4.78 is 29.4. The molecule has 1 aliphatic carbocycles. The molecular weight excluding hydrogens is 907 g/mol. The van der Waals surface area contributed by atoms with Gasteiger partial charge in [0.15, 0.2) is 5.78 Å². The Bertz CT molecular complexity index is 1760. The topological polar surface area (TPSA) is 195 Å². The third kappa shape index (κ3) is 19.1. The Morgan fingerprint density at radius 3 is 2.07 bits per heavy atom. The normalized spacial score (nSPS) is 35.8. The predicted octanol–water partition coefficient (Wildman–Crippen LogP) is 10.00. The van der Waals surface area contributed by atoms with Crippen LogP contribution < -0.4 is 0 Å². The molecule has 15 atom stereocenters. The van der Waals surface area contributed by atoms with Gasteiger partial charge in [0.1, 0.15) is 30.1 Å². The SMILES string of the molecule is C.C.C.C.C.C.CO[C@H]1C[C@@H]2CC[C@@H](C)[C@@](O)(O2)C(=O)C(=O)N2CCCCC2C(=O)OC([C@H](C)CC2CC[C@@H](O)[C@H](OC)C2)CC(=O)[C@H](C)/C=C(\C)C(O)[C@@H](OC)C(=O)[C@H](C)C[C@H](C)/C=C/C=CC=C1C. The number of hydrogen-bond acceptors (Lipinski definition) is 13. The van der Waals surface area contributed by atoms with E-state index in [1.807, 2.05) is 58.1 Å². The zero-order chi connectivity index (χ0) is 48.2. The average molecular weight is 1010 g/mol. The van der Waals surface area contributed by atoms with E-state index >= 15 is 0 Å². The first-order valence-corrected chi connectivity index (χ1v) is 23.9. The van der Waals surface area contributed by atoms with Crippen molar-refractivity contribution in [3.8, 4) is 0 Å². The molecule has 4 unspecified atom stereocenters. The molecule has 0 radical (unpaired) electrons. The van der Waals surface area contributed by atoms with Gasteiger partial charge in [0.2, 0.25) is 5.79 Å². The number of rotatable bonds is 6. The molecule has 14 nitrogen and oxygen atoms in total. The lowest BCUT2D eigenvalue weighted by atomic mass is 9.78. The number of piperidine rings is 1. The molecule has 3 fully saturated rings. The number of hydrogen-bond donors (Lipinski definition) is 3. The lowest BCUT2D eigenvalue weighted by molar-refractivity contribution is -0.265. The van der Waals surface area contributed by atoms with Crippen LogP contribution in [0, 0.1) is 35.5 Å². The summed E-state index contributed by atoms with van der Waals surface area (Å²) in [4.78, 5) is 71.8. The summed E-state index contributed by atoms with van der Waals surface area (Å²) in [5.41, 5.74) is 1.27. The van der Waals surface area contributed by atoms with E-state index in [-0.39, 0.29) is 99.4 Å². The fourth-order valence-corrected chi connectivity index (χ4v) is 10.1. The van der Waals surface area contributed by atoms with Crippen LogP contribution in [-0.4, -0.2) is 132 Å². The fourth-order valence-electron chi connectivity index (χ4n) is 10.1. The lowest BCUT2D eigenvalue weighted by Gasteiger charge is -2.42. The van der Waals surface area contributed by atoms with Crippen LogP contribution in [0.2, 0.25) is 0 Å². The highest BCUT2D eigenvalue weighted by Crippen LogP contribution is 2.38. The van der Waals surface area contributed by atoms with Crippen LogP contribution in [0.4, 0.5) is 0 Å². The van der Waals surface area contributed by atoms with E-state index < -0.39 is 83.9 Å². The molecule has 0 aromatic heterocycles. The van der Waals surface area contributed by atoms with Crippen molar-refractivity contribution in [3.05, 3.63) is 47.6 Å². The number of ketones is 3. The Hall–Kier alpha value is -3.37. The van der Waals surface area contributed by atoms with Gasteiger partial charge in [-0.3, -0.25) is 19.2 Å². The van der Waals surface area contributed by atoms with Crippen molar-refractivity contribution < 1.29 is 63.0 Å². The highest BCUT2D eigenvalue weighted by atomic mass is 16.6. The van der Waals surface area contributed by atoms with Crippen LogP contribution in [0.15, 0.2) is 47.6 Å². The van der Waals surface area contributed by atoms with Gasteiger partial charge in [-0.2, -0.15) is 0 Å². The molecule has 0 aromatic carbocycles. The molecule has 3 heterocycles. The first-order chi connectivity index (χ1) is 30.7. The second kappa shape index (κ2) is 33.4. The van der Waals surface area contributed by atoms with E-state index in [1.165, 1.54) is 12.0 Å². The number of cyclic esters (lactones) is 1. The van der Waals surface area contributed by atoms with Crippen molar-refractivity contribution in [2.75, 3.05) is 27.9 Å². The zero-order valence-corrected chi connectivity index (χ0v) is 40.6. The largest absolute Gasteiger partial charge is 0.460 e. The molecule has 2 saturated heterocycles. The number of nitrogens with zero attached hydrogens (tertiary/aromatic N) is 1. The smallest absolute Gasteiger partial charge is 0.329 e. The number of fused-ring (bicyclic) bond motifs is 3. The maximum atomic E-state index is 14.4. The van der Waals surface area contributed by atoms with Crippen molar-refractivity contribution >= 4 is 29.2 Å². The molecule has 3 aliphatic heterocycles. The van der Waals surface area contributed by atoms with Gasteiger partial charge >= 0.3 is 5.97 Å². The van der Waals surface area contributed by atoms with Gasteiger partial charge in [0, 0.05) is 58.5 Å². The van der Waals surface area contributed by atoms with Crippen LogP contribution in [0.3, 0.4) is 0 Å². The van der Waals surface area contributed by atoms with Crippen molar-refractivity contribution in [2.45, 2.75) is 225 Å². The number of methoxy groups -OCH3 is 3. The Labute approximate surface area is 431 Å². The number of esters is 1. The van der Waals surface area contributed by atoms with Gasteiger partial charge in [-0.05, 0) is 107 Å². The fraction of sp³-hybridized carbons (Fsp3) is 0.772. The minimum atomic E-state index is -2.43. The molecular formula is C57H103NO13. The second-order valence-electron chi connectivity index (χ2n) is 19.6. The molecule has 71 heavy (non-hydrogen) atoms. The first kappa shape index (κ1) is 71.9. The Morgan fingerprint density at radius 1 is 0.789 bits per heavy atom. The van der Waals surface area contributed by atoms with Gasteiger partial charge in [-0.25, -0.2) is 4.79 Å². The van der Waals surface area contributed by atoms with Crippen LogP contribution in [0.5, 0.6) is 0 Å². The summed E-state index contributed by atoms with van der Waals surface area (Å²) in [6, 6.07) is -1.14. The number of aliphatic hydroxyl groups excluding tert-OH is 2. The van der Waals surface area contributed by atoms with Crippen LogP contribution >= 0.6 is 0 Å². The van der Waals surface area contributed by atoms with Gasteiger partial charge in [-0.1, -0.05) is 116 Å². The predicted molar refractivity (Wildman–Crippen MR) is 286 cm³/mol. The highest BCUT2D eigenvalue weighted by Gasteiger charge is 2.53. The minimum absolute atomic E-state index is 0. The van der Waals surface area contributed by atoms with E-state index in [4.69, 9.17) is 23.7 Å². The number of carbonyl (C=O) groups is 5. The number of allylic oxidation sites excluding steroid dienone is 6. The molecule has 414 valence electrons. The van der Waals surface area contributed by atoms with E-state index in [2.05, 4.69) is 0 Å². The summed E-state index contributed by atoms with van der Waals surface area (Å²) >= 11 is 0. The molecule has 3 N–H and O–H groups in total. The quantitative estimate of drug-likeness (QED) is 0.129. The second-order valence-corrected chi connectivity index (χ2v) is 19.6.